The van der Waals surface area contributed by atoms with Crippen molar-refractivity contribution in [2.45, 2.75) is 13.1 Å². The predicted molar refractivity (Wildman–Crippen MR) is 56.8 cm³/mol. The number of ether oxygens (including phenoxy) is 2. The lowest BCUT2D eigenvalue weighted by atomic mass is 10.8. The van der Waals surface area contributed by atoms with Crippen molar-refractivity contribution in [1.29, 1.82) is 0 Å². The van der Waals surface area contributed by atoms with E-state index in [1.165, 1.54) is 0 Å². The molecule has 72 valence electrons. The van der Waals surface area contributed by atoms with E-state index in [1.807, 2.05) is 0 Å². The van der Waals surface area contributed by atoms with Crippen molar-refractivity contribution >= 4 is 8.07 Å². The van der Waals surface area contributed by atoms with Crippen molar-refractivity contribution in [3.05, 3.63) is 0 Å². The van der Waals surface area contributed by atoms with Crippen LogP contribution in [0.25, 0.3) is 0 Å². The summed E-state index contributed by atoms with van der Waals surface area (Å²) in [5.41, 5.74) is 6.31. The molecule has 0 rings (SSSR count). The van der Waals surface area contributed by atoms with Crippen molar-refractivity contribution in [2.24, 2.45) is 0 Å². The average molecular weight is 196 g/mol. The summed E-state index contributed by atoms with van der Waals surface area (Å²) in [7, 11) is 1.62. The summed E-state index contributed by atoms with van der Waals surface area (Å²) < 4.78 is 9.68. The number of hydrogen-bond donors (Lipinski definition) is 0. The molecule has 0 aliphatic carbocycles. The lowest BCUT2D eigenvalue weighted by Gasteiger charge is -2.03. The molecule has 0 saturated heterocycles. The van der Waals surface area contributed by atoms with Crippen LogP contribution < -0.4 is 0 Å². The second kappa shape index (κ2) is 6.74. The Balaban J connectivity index is 4.11. The molecule has 0 saturated carbocycles. The van der Waals surface area contributed by atoms with E-state index in [-0.39, 0.29) is 0 Å². The zero-order valence-electron chi connectivity index (χ0n) is 8.73. The van der Waals surface area contributed by atoms with E-state index in [0.29, 0.717) is 13.2 Å². The minimum atomic E-state index is -1.66. The van der Waals surface area contributed by atoms with Crippen LogP contribution in [-0.2, 0) is 9.47 Å². The van der Waals surface area contributed by atoms with E-state index in [2.05, 4.69) is 36.0 Å². The van der Waals surface area contributed by atoms with Gasteiger partial charge in [0.05, 0.1) is 0 Å². The van der Waals surface area contributed by atoms with E-state index in [9.17, 15) is 0 Å². The highest BCUT2D eigenvalue weighted by Gasteiger charge is 2.13. The first-order chi connectivity index (χ1) is 6.12. The van der Waals surface area contributed by atoms with Crippen LogP contribution in [0.15, 0.2) is 0 Å². The van der Waals surface area contributed by atoms with Gasteiger partial charge in [-0.25, -0.2) is 0 Å². The molecule has 0 bridgehead atoms. The van der Waals surface area contributed by atoms with Gasteiger partial charge < -0.3 is 9.47 Å². The number of hydrogen-bond acceptors (Lipinski definition) is 2. The first-order valence-corrected chi connectivity index (χ1v) is 7.10. The zero-order valence-corrected chi connectivity index (χ0v) is 9.73. The van der Waals surface area contributed by atoms with Gasteiger partial charge in [0.25, 0.3) is 0 Å². The Bertz CT molecular complexity index is 224. The molecule has 0 aromatic rings. The lowest BCUT2D eigenvalue weighted by molar-refractivity contribution is 0.240. The molecule has 0 fully saturated rings. The van der Waals surface area contributed by atoms with Crippen molar-refractivity contribution in [2.75, 3.05) is 27.4 Å². The quantitative estimate of drug-likeness (QED) is 0.486. The number of rotatable bonds is 2. The Hall–Kier alpha value is -0.743. The van der Waals surface area contributed by atoms with Gasteiger partial charge in [0.15, 0.2) is 0 Å². The molecule has 0 aliphatic rings. The van der Waals surface area contributed by atoms with Gasteiger partial charge in [-0.1, -0.05) is 11.8 Å². The van der Waals surface area contributed by atoms with E-state index in [0.717, 1.165) is 0 Å². The van der Waals surface area contributed by atoms with Crippen molar-refractivity contribution in [1.82, 2.24) is 0 Å². The van der Waals surface area contributed by atoms with Crippen LogP contribution in [-0.4, -0.2) is 35.5 Å². The molecule has 0 radical (unpaired) electrons. The summed E-state index contributed by atoms with van der Waals surface area (Å²) in [5.74, 6) is 5.90. The molecule has 0 aromatic heterocycles. The van der Waals surface area contributed by atoms with Gasteiger partial charge in [0.1, 0.15) is 13.2 Å². The van der Waals surface area contributed by atoms with E-state index in [4.69, 9.17) is 9.47 Å². The van der Waals surface area contributed by atoms with E-state index in [1.54, 1.807) is 14.2 Å². The zero-order chi connectivity index (χ0) is 10.2. The fourth-order valence-corrected chi connectivity index (χ4v) is 1.78. The number of methoxy groups -OCH3 is 2. The van der Waals surface area contributed by atoms with Crippen LogP contribution in [0.5, 0.6) is 0 Å². The third-order valence-electron chi connectivity index (χ3n) is 1.23. The minimum absolute atomic E-state index is 0.488. The largest absolute Gasteiger partial charge is 0.372 e. The third kappa shape index (κ3) is 7.61. The Morgan fingerprint density at radius 2 is 1.31 bits per heavy atom. The molecular weight excluding hydrogens is 180 g/mol. The third-order valence-corrected chi connectivity index (χ3v) is 2.84. The molecule has 3 heteroatoms. The van der Waals surface area contributed by atoms with Crippen LogP contribution in [0.3, 0.4) is 0 Å². The van der Waals surface area contributed by atoms with Gasteiger partial charge in [-0.15, -0.1) is 11.1 Å². The van der Waals surface area contributed by atoms with Gasteiger partial charge in [-0.05, 0) is 13.1 Å². The lowest BCUT2D eigenvalue weighted by Crippen LogP contribution is -2.21. The van der Waals surface area contributed by atoms with Gasteiger partial charge in [0, 0.05) is 14.2 Å². The van der Waals surface area contributed by atoms with Crippen molar-refractivity contribution in [3.8, 4) is 22.9 Å². The van der Waals surface area contributed by atoms with E-state index < -0.39 is 8.07 Å². The maximum atomic E-state index is 4.84. The summed E-state index contributed by atoms with van der Waals surface area (Å²) in [6, 6.07) is 0. The van der Waals surface area contributed by atoms with Crippen LogP contribution in [0.2, 0.25) is 13.1 Å². The fourth-order valence-electron chi connectivity index (χ4n) is 0.690. The Morgan fingerprint density at radius 3 is 1.62 bits per heavy atom. The smallest absolute Gasteiger partial charge is 0.211 e. The normalized spacial score (nSPS) is 9.54. The SMILES string of the molecule is COCC#C[Si](C)(C)C#CCOC. The highest BCUT2D eigenvalue weighted by molar-refractivity contribution is 6.92. The van der Waals surface area contributed by atoms with Gasteiger partial charge in [-0.3, -0.25) is 0 Å². The second-order valence-electron chi connectivity index (χ2n) is 3.09. The predicted octanol–water partition coefficient (Wildman–Crippen LogP) is 1.07. The summed E-state index contributed by atoms with van der Waals surface area (Å²) in [5, 5.41) is 0. The Morgan fingerprint density at radius 1 is 0.923 bits per heavy atom. The summed E-state index contributed by atoms with van der Waals surface area (Å²) in [4.78, 5) is 0. The molecule has 0 unspecified atom stereocenters. The van der Waals surface area contributed by atoms with Crippen LogP contribution >= 0.6 is 0 Å². The monoisotopic (exact) mass is 196 g/mol. The van der Waals surface area contributed by atoms with E-state index >= 15 is 0 Å². The van der Waals surface area contributed by atoms with Gasteiger partial charge >= 0.3 is 0 Å². The summed E-state index contributed by atoms with van der Waals surface area (Å²) >= 11 is 0. The minimum Gasteiger partial charge on any atom is -0.372 e. The highest BCUT2D eigenvalue weighted by atomic mass is 28.3. The van der Waals surface area contributed by atoms with Crippen LogP contribution in [0.4, 0.5) is 0 Å². The first kappa shape index (κ1) is 12.3. The fraction of sp³-hybridized carbons (Fsp3) is 0.600. The summed E-state index contributed by atoms with van der Waals surface area (Å²) in [6.07, 6.45) is 0. The maximum absolute atomic E-state index is 4.84. The average Bonchev–Trinajstić information content (AvgIpc) is 2.05. The molecular formula is C10H16O2Si. The first-order valence-electron chi connectivity index (χ1n) is 4.10. The molecule has 0 aromatic carbocycles. The Labute approximate surface area is 81.6 Å². The molecule has 0 spiro atoms. The second-order valence-corrected chi connectivity index (χ2v) is 6.84. The molecule has 0 heterocycles. The topological polar surface area (TPSA) is 18.5 Å². The summed E-state index contributed by atoms with van der Waals surface area (Å²) in [6.45, 7) is 5.20. The van der Waals surface area contributed by atoms with Crippen LogP contribution in [0, 0.1) is 22.9 Å². The molecule has 13 heavy (non-hydrogen) atoms. The van der Waals surface area contributed by atoms with Gasteiger partial charge in [-0.2, -0.15) is 0 Å². The Kier molecular flexibility index (Phi) is 6.35. The molecule has 0 amide bonds. The van der Waals surface area contributed by atoms with Crippen molar-refractivity contribution < 1.29 is 9.47 Å². The molecule has 2 nitrogen and oxygen atoms in total. The molecule has 0 atom stereocenters. The molecule has 0 N–H and O–H groups in total. The highest BCUT2D eigenvalue weighted by Crippen LogP contribution is 1.96. The van der Waals surface area contributed by atoms with Gasteiger partial charge in [0.2, 0.25) is 8.07 Å². The van der Waals surface area contributed by atoms with Crippen molar-refractivity contribution in [3.63, 3.8) is 0 Å². The molecule has 0 aliphatic heterocycles. The maximum Gasteiger partial charge on any atom is 0.211 e. The standard InChI is InChI=1S/C10H16O2Si/c1-11-7-5-9-13(3,4)10-6-8-12-2/h7-8H2,1-4H3. The van der Waals surface area contributed by atoms with Crippen LogP contribution in [0.1, 0.15) is 0 Å².